The fraction of sp³-hybridized carbons (Fsp3) is 0.929. The van der Waals surface area contributed by atoms with Crippen LogP contribution >= 0.6 is 0 Å². The molecule has 4 unspecified atom stereocenters. The molecule has 0 aromatic heterocycles. The first-order valence-electron chi connectivity index (χ1n) is 7.48. The zero-order valence-corrected chi connectivity index (χ0v) is 11.6. The van der Waals surface area contributed by atoms with Gasteiger partial charge in [-0.3, -0.25) is 4.79 Å². The predicted octanol–water partition coefficient (Wildman–Crippen LogP) is 2.60. The summed E-state index contributed by atoms with van der Waals surface area (Å²) >= 11 is 0. The van der Waals surface area contributed by atoms with E-state index in [-0.39, 0.29) is 30.7 Å². The maximum Gasteiger partial charge on any atom is 0.391 e. The van der Waals surface area contributed by atoms with Gasteiger partial charge >= 0.3 is 6.18 Å². The molecule has 2 fully saturated rings. The van der Waals surface area contributed by atoms with Crippen LogP contribution in [0.25, 0.3) is 0 Å². The summed E-state index contributed by atoms with van der Waals surface area (Å²) in [5.41, 5.74) is 5.92. The van der Waals surface area contributed by atoms with Crippen LogP contribution in [0.4, 0.5) is 13.2 Å². The van der Waals surface area contributed by atoms with Crippen molar-refractivity contribution in [2.75, 3.05) is 6.54 Å². The standard InChI is InChI=1S/C14H23F3N2O/c15-14(16,17)11-5-1-3-9(7-11)13(20)19-8-10-4-2-6-12(10)18/h9-12H,1-8,18H2,(H,19,20). The molecular weight excluding hydrogens is 269 g/mol. The minimum atomic E-state index is -4.17. The summed E-state index contributed by atoms with van der Waals surface area (Å²) in [5, 5.41) is 2.81. The number of hydrogen-bond donors (Lipinski definition) is 2. The molecule has 2 saturated carbocycles. The van der Waals surface area contributed by atoms with Gasteiger partial charge in [-0.15, -0.1) is 0 Å². The summed E-state index contributed by atoms with van der Waals surface area (Å²) in [5.74, 6) is -1.76. The average Bonchev–Trinajstić information content (AvgIpc) is 2.81. The third-order valence-corrected chi connectivity index (χ3v) is 4.76. The van der Waals surface area contributed by atoms with Crippen LogP contribution in [0, 0.1) is 17.8 Å². The summed E-state index contributed by atoms with van der Waals surface area (Å²) < 4.78 is 38.1. The Kier molecular flexibility index (Phi) is 4.94. The fourth-order valence-corrected chi connectivity index (χ4v) is 3.42. The highest BCUT2D eigenvalue weighted by Crippen LogP contribution is 2.40. The number of hydrogen-bond acceptors (Lipinski definition) is 2. The van der Waals surface area contributed by atoms with E-state index in [2.05, 4.69) is 5.32 Å². The first-order valence-corrected chi connectivity index (χ1v) is 7.48. The van der Waals surface area contributed by atoms with Crippen LogP contribution in [0.15, 0.2) is 0 Å². The molecule has 6 heteroatoms. The van der Waals surface area contributed by atoms with Gasteiger partial charge < -0.3 is 11.1 Å². The smallest absolute Gasteiger partial charge is 0.356 e. The van der Waals surface area contributed by atoms with Crippen molar-refractivity contribution in [2.24, 2.45) is 23.5 Å². The van der Waals surface area contributed by atoms with E-state index in [1.807, 2.05) is 0 Å². The van der Waals surface area contributed by atoms with Crippen LogP contribution < -0.4 is 11.1 Å². The molecule has 2 aliphatic rings. The Balaban J connectivity index is 1.80. The van der Waals surface area contributed by atoms with Crippen LogP contribution in [-0.2, 0) is 4.79 Å². The molecule has 0 radical (unpaired) electrons. The Hall–Kier alpha value is -0.780. The van der Waals surface area contributed by atoms with Crippen LogP contribution in [0.1, 0.15) is 44.9 Å². The first-order chi connectivity index (χ1) is 9.38. The molecule has 0 saturated heterocycles. The van der Waals surface area contributed by atoms with E-state index in [9.17, 15) is 18.0 Å². The topological polar surface area (TPSA) is 55.1 Å². The zero-order valence-electron chi connectivity index (χ0n) is 11.6. The van der Waals surface area contributed by atoms with Gasteiger partial charge in [0.05, 0.1) is 5.92 Å². The van der Waals surface area contributed by atoms with Gasteiger partial charge in [-0.1, -0.05) is 12.8 Å². The summed E-state index contributed by atoms with van der Waals surface area (Å²) in [6, 6.07) is 0.115. The lowest BCUT2D eigenvalue weighted by molar-refractivity contribution is -0.186. The van der Waals surface area contributed by atoms with Gasteiger partial charge in [-0.25, -0.2) is 0 Å². The number of amides is 1. The van der Waals surface area contributed by atoms with Gasteiger partial charge in [-0.2, -0.15) is 13.2 Å². The van der Waals surface area contributed by atoms with Crippen LogP contribution in [-0.4, -0.2) is 24.7 Å². The maximum atomic E-state index is 12.7. The largest absolute Gasteiger partial charge is 0.391 e. The molecule has 2 rings (SSSR count). The molecular formula is C14H23F3N2O. The van der Waals surface area contributed by atoms with Crippen molar-refractivity contribution in [3.8, 4) is 0 Å². The van der Waals surface area contributed by atoms with Gasteiger partial charge in [0.2, 0.25) is 5.91 Å². The normalized spacial score (nSPS) is 35.0. The third kappa shape index (κ3) is 3.87. The lowest BCUT2D eigenvalue weighted by atomic mass is 9.80. The van der Waals surface area contributed by atoms with Crippen molar-refractivity contribution in [1.29, 1.82) is 0 Å². The SMILES string of the molecule is NC1CCCC1CNC(=O)C1CCCC(C(F)(F)F)C1. The summed E-state index contributed by atoms with van der Waals surface area (Å²) in [7, 11) is 0. The van der Waals surface area contributed by atoms with E-state index in [0.717, 1.165) is 19.3 Å². The highest BCUT2D eigenvalue weighted by atomic mass is 19.4. The number of alkyl halides is 3. The minimum absolute atomic E-state index is 0.0634. The Bertz CT molecular complexity index is 346. The van der Waals surface area contributed by atoms with Crippen LogP contribution in [0.5, 0.6) is 0 Å². The van der Waals surface area contributed by atoms with E-state index < -0.39 is 18.0 Å². The third-order valence-electron chi connectivity index (χ3n) is 4.76. The van der Waals surface area contributed by atoms with Crippen molar-refractivity contribution in [3.63, 3.8) is 0 Å². The minimum Gasteiger partial charge on any atom is -0.356 e. The van der Waals surface area contributed by atoms with E-state index in [1.165, 1.54) is 0 Å². The van der Waals surface area contributed by atoms with Gasteiger partial charge in [0, 0.05) is 18.5 Å². The Labute approximate surface area is 117 Å². The molecule has 0 aromatic carbocycles. The second kappa shape index (κ2) is 6.33. The van der Waals surface area contributed by atoms with Gasteiger partial charge in [-0.05, 0) is 38.0 Å². The molecule has 116 valence electrons. The van der Waals surface area contributed by atoms with Gasteiger partial charge in [0.15, 0.2) is 0 Å². The van der Waals surface area contributed by atoms with Crippen molar-refractivity contribution in [3.05, 3.63) is 0 Å². The van der Waals surface area contributed by atoms with E-state index in [1.54, 1.807) is 0 Å². The molecule has 0 spiro atoms. The molecule has 1 amide bonds. The maximum absolute atomic E-state index is 12.7. The second-order valence-electron chi connectivity index (χ2n) is 6.20. The number of nitrogens with one attached hydrogen (secondary N) is 1. The van der Waals surface area contributed by atoms with Crippen molar-refractivity contribution in [1.82, 2.24) is 5.32 Å². The number of carbonyl (C=O) groups excluding carboxylic acids is 1. The predicted molar refractivity (Wildman–Crippen MR) is 69.8 cm³/mol. The molecule has 0 bridgehead atoms. The van der Waals surface area contributed by atoms with Crippen molar-refractivity contribution >= 4 is 5.91 Å². The van der Waals surface area contributed by atoms with Crippen LogP contribution in [0.3, 0.4) is 0 Å². The lowest BCUT2D eigenvalue weighted by Gasteiger charge is -2.30. The Morgan fingerprint density at radius 2 is 1.85 bits per heavy atom. The zero-order chi connectivity index (χ0) is 14.8. The quantitative estimate of drug-likeness (QED) is 0.840. The molecule has 4 atom stereocenters. The highest BCUT2D eigenvalue weighted by molar-refractivity contribution is 5.78. The summed E-state index contributed by atoms with van der Waals surface area (Å²) in [6.45, 7) is 0.507. The fourth-order valence-electron chi connectivity index (χ4n) is 3.42. The number of carbonyl (C=O) groups is 1. The lowest BCUT2D eigenvalue weighted by Crippen LogP contribution is -2.41. The summed E-state index contributed by atoms with van der Waals surface area (Å²) in [6.07, 6.45) is -0.00138. The molecule has 20 heavy (non-hydrogen) atoms. The van der Waals surface area contributed by atoms with E-state index in [4.69, 9.17) is 5.73 Å². The summed E-state index contributed by atoms with van der Waals surface area (Å²) in [4.78, 5) is 12.0. The molecule has 3 N–H and O–H groups in total. The highest BCUT2D eigenvalue weighted by Gasteiger charge is 2.43. The Morgan fingerprint density at radius 1 is 1.15 bits per heavy atom. The van der Waals surface area contributed by atoms with Gasteiger partial charge in [0.25, 0.3) is 0 Å². The second-order valence-corrected chi connectivity index (χ2v) is 6.20. The number of rotatable bonds is 3. The molecule has 0 aliphatic heterocycles. The van der Waals surface area contributed by atoms with Crippen molar-refractivity contribution in [2.45, 2.75) is 57.2 Å². The number of nitrogens with two attached hydrogens (primary N) is 1. The molecule has 0 aromatic rings. The first kappa shape index (κ1) is 15.6. The molecule has 3 nitrogen and oxygen atoms in total. The van der Waals surface area contributed by atoms with Crippen LogP contribution in [0.2, 0.25) is 0 Å². The van der Waals surface area contributed by atoms with E-state index in [0.29, 0.717) is 19.4 Å². The monoisotopic (exact) mass is 292 g/mol. The average molecular weight is 292 g/mol. The number of halogens is 3. The molecule has 2 aliphatic carbocycles. The Morgan fingerprint density at radius 3 is 2.45 bits per heavy atom. The van der Waals surface area contributed by atoms with Gasteiger partial charge in [0.1, 0.15) is 0 Å². The van der Waals surface area contributed by atoms with E-state index >= 15 is 0 Å². The van der Waals surface area contributed by atoms with Crippen molar-refractivity contribution < 1.29 is 18.0 Å². The molecule has 0 heterocycles.